The van der Waals surface area contributed by atoms with Crippen LogP contribution in [0.3, 0.4) is 0 Å². The van der Waals surface area contributed by atoms with E-state index in [4.69, 9.17) is 0 Å². The van der Waals surface area contributed by atoms with Gasteiger partial charge in [0.1, 0.15) is 17.2 Å². The Morgan fingerprint density at radius 3 is 2.72 bits per heavy atom. The maximum atomic E-state index is 14.0. The first kappa shape index (κ1) is 12.5. The van der Waals surface area contributed by atoms with Gasteiger partial charge in [0, 0.05) is 19.1 Å². The average molecular weight is 318 g/mol. The minimum absolute atomic E-state index is 0.192. The summed E-state index contributed by atoms with van der Waals surface area (Å²) in [5.74, 6) is -1.36. The summed E-state index contributed by atoms with van der Waals surface area (Å²) in [6.07, 6.45) is 2.63. The molecule has 0 radical (unpaired) electrons. The predicted molar refractivity (Wildman–Crippen MR) is 67.2 cm³/mol. The number of halogens is 3. The number of nitrogens with zero attached hydrogens (tertiary/aromatic N) is 1. The van der Waals surface area contributed by atoms with Gasteiger partial charge in [-0.3, -0.25) is 4.90 Å². The van der Waals surface area contributed by atoms with Gasteiger partial charge in [0.2, 0.25) is 0 Å². The Balaban J connectivity index is 1.96. The summed E-state index contributed by atoms with van der Waals surface area (Å²) in [5.41, 5.74) is -1.60. The maximum absolute atomic E-state index is 14.0. The molecule has 1 saturated heterocycles. The molecule has 98 valence electrons. The molecule has 1 aliphatic carbocycles. The van der Waals surface area contributed by atoms with Crippen molar-refractivity contribution in [2.75, 3.05) is 13.1 Å². The van der Waals surface area contributed by atoms with Crippen molar-refractivity contribution in [3.63, 3.8) is 0 Å². The van der Waals surface area contributed by atoms with E-state index in [0.29, 0.717) is 25.6 Å². The topological polar surface area (TPSA) is 23.5 Å². The van der Waals surface area contributed by atoms with Crippen molar-refractivity contribution in [2.45, 2.75) is 30.9 Å². The Bertz CT molecular complexity index is 492. The highest BCUT2D eigenvalue weighted by molar-refractivity contribution is 9.10. The summed E-state index contributed by atoms with van der Waals surface area (Å²) >= 11 is 3.04. The Hall–Kier alpha value is -0.520. The molecule has 18 heavy (non-hydrogen) atoms. The van der Waals surface area contributed by atoms with E-state index in [1.165, 1.54) is 12.1 Å². The number of β-amino-alcohol motifs (C(OH)–C–C–N with tert-alkyl or cyclic N) is 1. The summed E-state index contributed by atoms with van der Waals surface area (Å²) < 4.78 is 28.1. The fourth-order valence-corrected chi connectivity index (χ4v) is 3.06. The smallest absolute Gasteiger partial charge is 0.146 e. The lowest BCUT2D eigenvalue weighted by Gasteiger charge is -2.25. The largest absolute Gasteiger partial charge is 0.384 e. The summed E-state index contributed by atoms with van der Waals surface area (Å²) in [6, 6.07) is 3.02. The molecule has 0 bridgehead atoms. The lowest BCUT2D eigenvalue weighted by Crippen LogP contribution is -2.33. The Morgan fingerprint density at radius 2 is 2.06 bits per heavy atom. The molecule has 5 heteroatoms. The van der Waals surface area contributed by atoms with Crippen molar-refractivity contribution in [1.29, 1.82) is 0 Å². The molecule has 0 spiro atoms. The molecule has 1 aromatic rings. The van der Waals surface area contributed by atoms with Gasteiger partial charge in [0.15, 0.2) is 0 Å². The van der Waals surface area contributed by atoms with E-state index in [-0.39, 0.29) is 10.0 Å². The molecule has 1 unspecified atom stereocenters. The molecule has 1 aromatic carbocycles. The highest BCUT2D eigenvalue weighted by Gasteiger charge is 2.45. The van der Waals surface area contributed by atoms with Crippen molar-refractivity contribution in [1.82, 2.24) is 4.90 Å². The number of rotatable bonds is 2. The van der Waals surface area contributed by atoms with Crippen LogP contribution in [0.1, 0.15) is 24.8 Å². The van der Waals surface area contributed by atoms with Crippen LogP contribution in [0.25, 0.3) is 0 Å². The van der Waals surface area contributed by atoms with Gasteiger partial charge < -0.3 is 5.11 Å². The zero-order chi connectivity index (χ0) is 12.9. The summed E-state index contributed by atoms with van der Waals surface area (Å²) in [4.78, 5) is 2.12. The van der Waals surface area contributed by atoms with E-state index in [9.17, 15) is 13.9 Å². The van der Waals surface area contributed by atoms with Gasteiger partial charge in [-0.25, -0.2) is 8.78 Å². The molecular weight excluding hydrogens is 304 g/mol. The Kier molecular flexibility index (Phi) is 2.95. The minimum atomic E-state index is -1.40. The number of hydrogen-bond acceptors (Lipinski definition) is 2. The monoisotopic (exact) mass is 317 g/mol. The zero-order valence-corrected chi connectivity index (χ0v) is 11.4. The molecule has 1 atom stereocenters. The van der Waals surface area contributed by atoms with Crippen LogP contribution in [0.4, 0.5) is 8.78 Å². The Morgan fingerprint density at radius 1 is 1.33 bits per heavy atom. The molecule has 0 amide bonds. The summed E-state index contributed by atoms with van der Waals surface area (Å²) in [7, 11) is 0. The fourth-order valence-electron chi connectivity index (χ4n) is 2.73. The van der Waals surface area contributed by atoms with Crippen LogP contribution in [0.2, 0.25) is 0 Å². The van der Waals surface area contributed by atoms with E-state index in [0.717, 1.165) is 12.8 Å². The lowest BCUT2D eigenvalue weighted by molar-refractivity contribution is 0.0377. The summed E-state index contributed by atoms with van der Waals surface area (Å²) in [6.45, 7) is 1.02. The van der Waals surface area contributed by atoms with Gasteiger partial charge in [-0.15, -0.1) is 0 Å². The molecule has 2 fully saturated rings. The van der Waals surface area contributed by atoms with E-state index in [2.05, 4.69) is 20.8 Å². The molecule has 1 heterocycles. The molecule has 3 rings (SSSR count). The van der Waals surface area contributed by atoms with E-state index in [1.54, 1.807) is 0 Å². The number of aliphatic hydroxyl groups is 1. The van der Waals surface area contributed by atoms with Gasteiger partial charge in [-0.2, -0.15) is 0 Å². The van der Waals surface area contributed by atoms with E-state index in [1.807, 2.05) is 0 Å². The lowest BCUT2D eigenvalue weighted by atomic mass is 9.92. The van der Waals surface area contributed by atoms with Gasteiger partial charge in [0.05, 0.1) is 10.0 Å². The quantitative estimate of drug-likeness (QED) is 0.848. The van der Waals surface area contributed by atoms with Crippen molar-refractivity contribution in [3.05, 3.63) is 33.8 Å². The SMILES string of the molecule is OC1(c2c(F)ccc(Br)c2F)CCN(C2CC2)C1. The number of benzene rings is 1. The predicted octanol–water partition coefficient (Wildman–Crippen LogP) is 2.78. The van der Waals surface area contributed by atoms with Crippen LogP contribution in [0, 0.1) is 11.6 Å². The average Bonchev–Trinajstić information content (AvgIpc) is 3.09. The zero-order valence-electron chi connectivity index (χ0n) is 9.80. The third-order valence-electron chi connectivity index (χ3n) is 3.85. The van der Waals surface area contributed by atoms with Crippen LogP contribution < -0.4 is 0 Å². The molecular formula is C13H14BrF2NO. The van der Waals surface area contributed by atoms with Crippen LogP contribution in [-0.2, 0) is 5.60 Å². The third kappa shape index (κ3) is 1.98. The highest BCUT2D eigenvalue weighted by Crippen LogP contribution is 2.41. The van der Waals surface area contributed by atoms with Crippen LogP contribution in [0.15, 0.2) is 16.6 Å². The van der Waals surface area contributed by atoms with Gasteiger partial charge in [0.25, 0.3) is 0 Å². The second-order valence-corrected chi connectivity index (χ2v) is 6.06. The fraction of sp³-hybridized carbons (Fsp3) is 0.538. The van der Waals surface area contributed by atoms with E-state index >= 15 is 0 Å². The second-order valence-electron chi connectivity index (χ2n) is 5.20. The summed E-state index contributed by atoms with van der Waals surface area (Å²) in [5, 5.41) is 10.6. The first-order valence-electron chi connectivity index (χ1n) is 6.12. The Labute approximate surface area is 113 Å². The molecule has 2 aliphatic rings. The molecule has 2 nitrogen and oxygen atoms in total. The third-order valence-corrected chi connectivity index (χ3v) is 4.46. The molecule has 1 N–H and O–H groups in total. The van der Waals surface area contributed by atoms with Crippen molar-refractivity contribution in [2.24, 2.45) is 0 Å². The molecule has 1 aliphatic heterocycles. The van der Waals surface area contributed by atoms with Crippen LogP contribution in [-0.4, -0.2) is 29.1 Å². The second kappa shape index (κ2) is 4.25. The van der Waals surface area contributed by atoms with Gasteiger partial charge >= 0.3 is 0 Å². The first-order chi connectivity index (χ1) is 8.51. The molecule has 0 aromatic heterocycles. The van der Waals surface area contributed by atoms with Crippen molar-refractivity contribution < 1.29 is 13.9 Å². The number of hydrogen-bond donors (Lipinski definition) is 1. The van der Waals surface area contributed by atoms with Gasteiger partial charge in [-0.1, -0.05) is 0 Å². The van der Waals surface area contributed by atoms with Crippen LogP contribution >= 0.6 is 15.9 Å². The number of likely N-dealkylation sites (tertiary alicyclic amines) is 1. The van der Waals surface area contributed by atoms with Gasteiger partial charge in [-0.05, 0) is 47.3 Å². The van der Waals surface area contributed by atoms with Crippen LogP contribution in [0.5, 0.6) is 0 Å². The molecule has 1 saturated carbocycles. The normalized spacial score (nSPS) is 28.9. The first-order valence-corrected chi connectivity index (χ1v) is 6.91. The highest BCUT2D eigenvalue weighted by atomic mass is 79.9. The van der Waals surface area contributed by atoms with E-state index < -0.39 is 17.2 Å². The maximum Gasteiger partial charge on any atom is 0.146 e. The standard InChI is InChI=1S/C13H14BrF2NO/c14-9-3-4-10(15)11(12(9)16)13(18)5-6-17(7-13)8-1-2-8/h3-4,8,18H,1-2,5-7H2. The van der Waals surface area contributed by atoms with Crippen molar-refractivity contribution in [3.8, 4) is 0 Å². The minimum Gasteiger partial charge on any atom is -0.384 e. The van der Waals surface area contributed by atoms with Crippen molar-refractivity contribution >= 4 is 15.9 Å².